The standard InChI is InChI=1S/C27H29N9O2/c1-5-36(6-2)27(38)19-7-8-29-25-22(19)32-26(33-25)23-20-11-17(13-30-24(20)35-34-23)16-10-18(14-28-12-16)31-21(37)9-15(3)4/h7-8,10-15H,5-6,9H2,1-4H3,(H,31,37)(H,29,32,33)(H,30,34,35). The Balaban J connectivity index is 1.51. The molecule has 11 heteroatoms. The van der Waals surface area contributed by atoms with Crippen molar-refractivity contribution in [3.05, 3.63) is 48.5 Å². The summed E-state index contributed by atoms with van der Waals surface area (Å²) in [6.07, 6.45) is 7.10. The average molecular weight is 512 g/mol. The van der Waals surface area contributed by atoms with Gasteiger partial charge in [0.1, 0.15) is 11.2 Å². The number of aromatic amines is 2. The summed E-state index contributed by atoms with van der Waals surface area (Å²) in [6.45, 7) is 9.10. The number of rotatable bonds is 8. The molecule has 38 heavy (non-hydrogen) atoms. The number of hydrogen-bond donors (Lipinski definition) is 3. The molecule has 0 bridgehead atoms. The topological polar surface area (TPSA) is 145 Å². The molecule has 0 atom stereocenters. The number of amides is 2. The number of hydrogen-bond acceptors (Lipinski definition) is 7. The van der Waals surface area contributed by atoms with Crippen molar-refractivity contribution in [2.75, 3.05) is 18.4 Å². The van der Waals surface area contributed by atoms with Crippen LogP contribution in [-0.4, -0.2) is 64.9 Å². The van der Waals surface area contributed by atoms with Crippen LogP contribution in [0.4, 0.5) is 5.69 Å². The van der Waals surface area contributed by atoms with Gasteiger partial charge in [-0.3, -0.25) is 19.7 Å². The van der Waals surface area contributed by atoms with Gasteiger partial charge in [-0.15, -0.1) is 0 Å². The van der Waals surface area contributed by atoms with Gasteiger partial charge >= 0.3 is 0 Å². The molecule has 5 rings (SSSR count). The highest BCUT2D eigenvalue weighted by Crippen LogP contribution is 2.30. The van der Waals surface area contributed by atoms with Gasteiger partial charge in [0.15, 0.2) is 17.1 Å². The van der Waals surface area contributed by atoms with Crippen LogP contribution in [0, 0.1) is 5.92 Å². The molecule has 0 aliphatic heterocycles. The molecule has 0 aromatic carbocycles. The molecule has 0 saturated carbocycles. The first-order valence-corrected chi connectivity index (χ1v) is 12.6. The number of H-pyrrole nitrogens is 2. The Morgan fingerprint density at radius 3 is 2.58 bits per heavy atom. The van der Waals surface area contributed by atoms with Gasteiger partial charge in [-0.05, 0) is 38.0 Å². The molecule has 194 valence electrons. The molecular weight excluding hydrogens is 482 g/mol. The van der Waals surface area contributed by atoms with Crippen LogP contribution in [0.3, 0.4) is 0 Å². The van der Waals surface area contributed by atoms with E-state index in [0.29, 0.717) is 59.1 Å². The SMILES string of the molecule is CCN(CC)C(=O)c1ccnc2[nH]c(-c3n[nH]c4ncc(-c5cncc(NC(=O)CC(C)C)c5)cc34)nc12. The second kappa shape index (κ2) is 10.4. The fraction of sp³-hybridized carbons (Fsp3) is 0.296. The molecule has 5 heterocycles. The van der Waals surface area contributed by atoms with E-state index in [9.17, 15) is 9.59 Å². The first-order chi connectivity index (χ1) is 18.4. The Hall–Kier alpha value is -4.67. The quantitative estimate of drug-likeness (QED) is 0.279. The summed E-state index contributed by atoms with van der Waals surface area (Å²) in [4.78, 5) is 48.1. The Labute approximate surface area is 219 Å². The van der Waals surface area contributed by atoms with Crippen LogP contribution in [0.5, 0.6) is 0 Å². The van der Waals surface area contributed by atoms with E-state index in [0.717, 1.165) is 16.5 Å². The zero-order chi connectivity index (χ0) is 26.8. The van der Waals surface area contributed by atoms with E-state index in [1.54, 1.807) is 35.8 Å². The summed E-state index contributed by atoms with van der Waals surface area (Å²) in [5.74, 6) is 0.591. The molecular formula is C27H29N9O2. The van der Waals surface area contributed by atoms with Gasteiger partial charge in [0.25, 0.3) is 5.91 Å². The van der Waals surface area contributed by atoms with Crippen molar-refractivity contribution in [1.82, 2.24) is 40.0 Å². The van der Waals surface area contributed by atoms with Crippen molar-refractivity contribution < 1.29 is 9.59 Å². The molecule has 0 fully saturated rings. The molecule has 0 radical (unpaired) electrons. The first kappa shape index (κ1) is 25.0. The summed E-state index contributed by atoms with van der Waals surface area (Å²) in [5, 5.41) is 11.0. The first-order valence-electron chi connectivity index (χ1n) is 12.6. The largest absolute Gasteiger partial charge is 0.339 e. The highest BCUT2D eigenvalue weighted by Gasteiger charge is 2.21. The molecule has 5 aromatic heterocycles. The molecule has 5 aromatic rings. The van der Waals surface area contributed by atoms with Gasteiger partial charge in [-0.25, -0.2) is 15.0 Å². The predicted molar refractivity (Wildman–Crippen MR) is 145 cm³/mol. The normalized spacial score (nSPS) is 11.4. The minimum atomic E-state index is -0.0934. The lowest BCUT2D eigenvalue weighted by molar-refractivity contribution is -0.116. The van der Waals surface area contributed by atoms with Crippen molar-refractivity contribution in [1.29, 1.82) is 0 Å². The van der Waals surface area contributed by atoms with Crippen molar-refractivity contribution in [2.45, 2.75) is 34.1 Å². The smallest absolute Gasteiger partial charge is 0.256 e. The van der Waals surface area contributed by atoms with E-state index in [2.05, 4.69) is 35.5 Å². The van der Waals surface area contributed by atoms with Crippen molar-refractivity contribution in [3.63, 3.8) is 0 Å². The second-order valence-corrected chi connectivity index (χ2v) is 9.42. The van der Waals surface area contributed by atoms with E-state index in [1.807, 2.05) is 39.8 Å². The molecule has 0 unspecified atom stereocenters. The van der Waals surface area contributed by atoms with Crippen molar-refractivity contribution in [2.24, 2.45) is 5.92 Å². The van der Waals surface area contributed by atoms with Crippen LogP contribution in [0.1, 0.15) is 44.5 Å². The zero-order valence-electron chi connectivity index (χ0n) is 21.7. The summed E-state index contributed by atoms with van der Waals surface area (Å²) in [7, 11) is 0. The predicted octanol–water partition coefficient (Wildman–Crippen LogP) is 4.42. The Morgan fingerprint density at radius 2 is 1.82 bits per heavy atom. The lowest BCUT2D eigenvalue weighted by atomic mass is 10.1. The van der Waals surface area contributed by atoms with E-state index in [-0.39, 0.29) is 17.7 Å². The number of nitrogens with one attached hydrogen (secondary N) is 3. The number of aromatic nitrogens is 7. The van der Waals surface area contributed by atoms with Gasteiger partial charge in [-0.2, -0.15) is 5.10 Å². The van der Waals surface area contributed by atoms with E-state index in [1.165, 1.54) is 0 Å². The van der Waals surface area contributed by atoms with Crippen LogP contribution in [-0.2, 0) is 4.79 Å². The fourth-order valence-electron chi connectivity index (χ4n) is 4.37. The minimum absolute atomic E-state index is 0.0537. The molecule has 0 saturated heterocycles. The third kappa shape index (κ3) is 4.82. The fourth-order valence-corrected chi connectivity index (χ4v) is 4.37. The van der Waals surface area contributed by atoms with Gasteiger partial charge < -0.3 is 15.2 Å². The highest BCUT2D eigenvalue weighted by atomic mass is 16.2. The summed E-state index contributed by atoms with van der Waals surface area (Å²) in [5.41, 5.74) is 4.86. The number of anilines is 1. The maximum Gasteiger partial charge on any atom is 0.256 e. The zero-order valence-corrected chi connectivity index (χ0v) is 21.7. The third-order valence-corrected chi connectivity index (χ3v) is 6.26. The third-order valence-electron chi connectivity index (χ3n) is 6.26. The molecule has 0 spiro atoms. The van der Waals surface area contributed by atoms with Crippen molar-refractivity contribution >= 4 is 39.7 Å². The number of fused-ring (bicyclic) bond motifs is 2. The summed E-state index contributed by atoms with van der Waals surface area (Å²) >= 11 is 0. The van der Waals surface area contributed by atoms with Gasteiger partial charge in [-0.1, -0.05) is 13.8 Å². The second-order valence-electron chi connectivity index (χ2n) is 9.42. The van der Waals surface area contributed by atoms with Crippen LogP contribution < -0.4 is 5.32 Å². The highest BCUT2D eigenvalue weighted by molar-refractivity contribution is 6.05. The number of pyridine rings is 3. The lowest BCUT2D eigenvalue weighted by Crippen LogP contribution is -2.30. The average Bonchev–Trinajstić information content (AvgIpc) is 3.52. The van der Waals surface area contributed by atoms with Crippen LogP contribution >= 0.6 is 0 Å². The number of carbonyl (C=O) groups is 2. The molecule has 11 nitrogen and oxygen atoms in total. The van der Waals surface area contributed by atoms with E-state index < -0.39 is 0 Å². The maximum atomic E-state index is 13.1. The molecule has 2 amide bonds. The monoisotopic (exact) mass is 511 g/mol. The van der Waals surface area contributed by atoms with E-state index in [4.69, 9.17) is 4.98 Å². The van der Waals surface area contributed by atoms with E-state index >= 15 is 0 Å². The Bertz CT molecular complexity index is 1630. The van der Waals surface area contributed by atoms with Gasteiger partial charge in [0, 0.05) is 49.2 Å². The van der Waals surface area contributed by atoms with Gasteiger partial charge in [0.2, 0.25) is 5.91 Å². The van der Waals surface area contributed by atoms with Crippen molar-refractivity contribution in [3.8, 4) is 22.6 Å². The Morgan fingerprint density at radius 1 is 1.03 bits per heavy atom. The summed E-state index contributed by atoms with van der Waals surface area (Å²) in [6, 6.07) is 5.50. The van der Waals surface area contributed by atoms with Crippen LogP contribution in [0.25, 0.3) is 44.8 Å². The summed E-state index contributed by atoms with van der Waals surface area (Å²) < 4.78 is 0. The number of nitrogens with zero attached hydrogens (tertiary/aromatic N) is 6. The molecule has 0 aliphatic carbocycles. The molecule has 0 aliphatic rings. The lowest BCUT2D eigenvalue weighted by Gasteiger charge is -2.18. The van der Waals surface area contributed by atoms with Crippen LogP contribution in [0.15, 0.2) is 43.0 Å². The maximum absolute atomic E-state index is 13.1. The van der Waals surface area contributed by atoms with Crippen LogP contribution in [0.2, 0.25) is 0 Å². The Kier molecular flexibility index (Phi) is 6.82. The minimum Gasteiger partial charge on any atom is -0.339 e. The van der Waals surface area contributed by atoms with Gasteiger partial charge in [0.05, 0.1) is 22.8 Å². The molecule has 3 N–H and O–H groups in total. The number of carbonyl (C=O) groups excluding carboxylic acids is 2. The number of imidazole rings is 1.